The molecule has 0 heterocycles. The number of nitrogens with two attached hydrogens (primary N) is 1. The Morgan fingerprint density at radius 2 is 2.12 bits per heavy atom. The van der Waals surface area contributed by atoms with Gasteiger partial charge in [0.05, 0.1) is 6.04 Å². The Morgan fingerprint density at radius 3 is 2.76 bits per heavy atom. The van der Waals surface area contributed by atoms with Crippen LogP contribution in [0.1, 0.15) is 30.9 Å². The van der Waals surface area contributed by atoms with Crippen molar-refractivity contribution in [3.63, 3.8) is 0 Å². The molecule has 0 saturated carbocycles. The SMILES string of the molecule is CCC[C@H](N)C(=O)NCCc1ccccc1C. The molecule has 3 nitrogen and oxygen atoms in total. The van der Waals surface area contributed by atoms with Crippen molar-refractivity contribution >= 4 is 5.91 Å². The summed E-state index contributed by atoms with van der Waals surface area (Å²) in [6, 6.07) is 7.85. The van der Waals surface area contributed by atoms with Crippen molar-refractivity contribution in [1.29, 1.82) is 0 Å². The molecule has 0 aliphatic heterocycles. The molecule has 1 amide bonds. The largest absolute Gasteiger partial charge is 0.354 e. The van der Waals surface area contributed by atoms with Crippen LogP contribution >= 0.6 is 0 Å². The molecule has 0 aromatic heterocycles. The van der Waals surface area contributed by atoms with E-state index in [2.05, 4.69) is 24.4 Å². The molecule has 17 heavy (non-hydrogen) atoms. The van der Waals surface area contributed by atoms with Crippen LogP contribution in [0.4, 0.5) is 0 Å². The van der Waals surface area contributed by atoms with Crippen LogP contribution in [0.15, 0.2) is 24.3 Å². The minimum atomic E-state index is -0.364. The van der Waals surface area contributed by atoms with Crippen LogP contribution in [-0.2, 0) is 11.2 Å². The van der Waals surface area contributed by atoms with Crippen LogP contribution in [-0.4, -0.2) is 18.5 Å². The Morgan fingerprint density at radius 1 is 1.41 bits per heavy atom. The first-order chi connectivity index (χ1) is 8.15. The lowest BCUT2D eigenvalue weighted by atomic mass is 10.1. The molecule has 1 aromatic rings. The Labute approximate surface area is 103 Å². The molecule has 0 saturated heterocycles. The summed E-state index contributed by atoms with van der Waals surface area (Å²) in [6.45, 7) is 4.77. The van der Waals surface area contributed by atoms with Gasteiger partial charge in [0.15, 0.2) is 0 Å². The van der Waals surface area contributed by atoms with Crippen molar-refractivity contribution in [3.05, 3.63) is 35.4 Å². The van der Waals surface area contributed by atoms with Crippen LogP contribution in [0.25, 0.3) is 0 Å². The standard InChI is InChI=1S/C14H22N2O/c1-3-6-13(15)14(17)16-10-9-12-8-5-4-7-11(12)2/h4-5,7-8,13H,3,6,9-10,15H2,1-2H3,(H,16,17)/t13-/m0/s1. The van der Waals surface area contributed by atoms with Gasteiger partial charge in [-0.15, -0.1) is 0 Å². The monoisotopic (exact) mass is 234 g/mol. The van der Waals surface area contributed by atoms with E-state index in [1.165, 1.54) is 11.1 Å². The second-order valence-electron chi connectivity index (χ2n) is 4.36. The summed E-state index contributed by atoms with van der Waals surface area (Å²) in [6.07, 6.45) is 2.54. The van der Waals surface area contributed by atoms with Crippen molar-refractivity contribution in [2.24, 2.45) is 5.73 Å². The van der Waals surface area contributed by atoms with Gasteiger partial charge in [0.25, 0.3) is 0 Å². The lowest BCUT2D eigenvalue weighted by molar-refractivity contribution is -0.122. The zero-order valence-corrected chi connectivity index (χ0v) is 10.7. The Hall–Kier alpha value is -1.35. The highest BCUT2D eigenvalue weighted by Crippen LogP contribution is 2.06. The van der Waals surface area contributed by atoms with Gasteiger partial charge in [-0.05, 0) is 30.9 Å². The third-order valence-corrected chi connectivity index (χ3v) is 2.89. The van der Waals surface area contributed by atoms with Gasteiger partial charge in [-0.2, -0.15) is 0 Å². The minimum absolute atomic E-state index is 0.0413. The van der Waals surface area contributed by atoms with Crippen molar-refractivity contribution in [2.75, 3.05) is 6.54 Å². The van der Waals surface area contributed by atoms with Crippen LogP contribution in [0.2, 0.25) is 0 Å². The summed E-state index contributed by atoms with van der Waals surface area (Å²) in [7, 11) is 0. The number of hydrogen-bond acceptors (Lipinski definition) is 2. The van der Waals surface area contributed by atoms with Crippen LogP contribution in [0, 0.1) is 6.92 Å². The Balaban J connectivity index is 2.33. The highest BCUT2D eigenvalue weighted by molar-refractivity contribution is 5.81. The number of aryl methyl sites for hydroxylation is 1. The summed E-state index contributed by atoms with van der Waals surface area (Å²) >= 11 is 0. The third kappa shape index (κ3) is 4.57. The average molecular weight is 234 g/mol. The molecule has 3 N–H and O–H groups in total. The predicted molar refractivity (Wildman–Crippen MR) is 70.8 cm³/mol. The van der Waals surface area contributed by atoms with Crippen molar-refractivity contribution < 1.29 is 4.79 Å². The van der Waals surface area contributed by atoms with E-state index in [-0.39, 0.29) is 11.9 Å². The minimum Gasteiger partial charge on any atom is -0.354 e. The average Bonchev–Trinajstić information content (AvgIpc) is 2.31. The maximum absolute atomic E-state index is 11.6. The van der Waals surface area contributed by atoms with E-state index in [1.807, 2.05) is 19.1 Å². The number of rotatable bonds is 6. The highest BCUT2D eigenvalue weighted by Gasteiger charge is 2.10. The van der Waals surface area contributed by atoms with Gasteiger partial charge in [-0.3, -0.25) is 4.79 Å². The first-order valence-corrected chi connectivity index (χ1v) is 6.23. The second kappa shape index (κ2) is 7.07. The summed E-state index contributed by atoms with van der Waals surface area (Å²) in [4.78, 5) is 11.6. The number of carbonyl (C=O) groups excluding carboxylic acids is 1. The maximum atomic E-state index is 11.6. The molecule has 1 aromatic carbocycles. The molecule has 0 spiro atoms. The lowest BCUT2D eigenvalue weighted by Crippen LogP contribution is -2.41. The topological polar surface area (TPSA) is 55.1 Å². The summed E-state index contributed by atoms with van der Waals surface area (Å²) in [5.74, 6) is -0.0413. The molecule has 0 radical (unpaired) electrons. The first kappa shape index (κ1) is 13.7. The quantitative estimate of drug-likeness (QED) is 0.788. The summed E-state index contributed by atoms with van der Waals surface area (Å²) < 4.78 is 0. The van der Waals surface area contributed by atoms with Gasteiger partial charge in [-0.25, -0.2) is 0 Å². The van der Waals surface area contributed by atoms with Gasteiger partial charge in [-0.1, -0.05) is 37.6 Å². The number of benzene rings is 1. The summed E-state index contributed by atoms with van der Waals surface area (Å²) in [5.41, 5.74) is 8.26. The van der Waals surface area contributed by atoms with E-state index >= 15 is 0 Å². The molecular formula is C14H22N2O. The molecular weight excluding hydrogens is 212 g/mol. The lowest BCUT2D eigenvalue weighted by Gasteiger charge is -2.11. The number of carbonyl (C=O) groups is 1. The van der Waals surface area contributed by atoms with Crippen LogP contribution in [0.5, 0.6) is 0 Å². The van der Waals surface area contributed by atoms with E-state index < -0.39 is 0 Å². The van der Waals surface area contributed by atoms with Gasteiger partial charge in [0.1, 0.15) is 0 Å². The Kier molecular flexibility index (Phi) is 5.70. The number of nitrogens with one attached hydrogen (secondary N) is 1. The molecule has 3 heteroatoms. The van der Waals surface area contributed by atoms with E-state index in [1.54, 1.807) is 0 Å². The predicted octanol–water partition coefficient (Wildman–Crippen LogP) is 1.78. The van der Waals surface area contributed by atoms with Crippen molar-refractivity contribution in [2.45, 2.75) is 39.2 Å². The molecule has 1 rings (SSSR count). The fourth-order valence-corrected chi connectivity index (χ4v) is 1.78. The fourth-order valence-electron chi connectivity index (χ4n) is 1.78. The van der Waals surface area contributed by atoms with E-state index in [4.69, 9.17) is 5.73 Å². The van der Waals surface area contributed by atoms with E-state index in [0.717, 1.165) is 19.3 Å². The molecule has 0 aliphatic rings. The first-order valence-electron chi connectivity index (χ1n) is 6.23. The van der Waals surface area contributed by atoms with Gasteiger partial charge < -0.3 is 11.1 Å². The molecule has 0 bridgehead atoms. The van der Waals surface area contributed by atoms with Crippen LogP contribution < -0.4 is 11.1 Å². The van der Waals surface area contributed by atoms with E-state index in [0.29, 0.717) is 6.54 Å². The van der Waals surface area contributed by atoms with Gasteiger partial charge in [0, 0.05) is 6.54 Å². The fraction of sp³-hybridized carbons (Fsp3) is 0.500. The Bertz CT molecular complexity index is 363. The van der Waals surface area contributed by atoms with Crippen LogP contribution in [0.3, 0.4) is 0 Å². The number of hydrogen-bond donors (Lipinski definition) is 2. The molecule has 1 atom stereocenters. The molecule has 0 unspecified atom stereocenters. The van der Waals surface area contributed by atoms with Crippen molar-refractivity contribution in [1.82, 2.24) is 5.32 Å². The normalized spacial score (nSPS) is 12.2. The smallest absolute Gasteiger partial charge is 0.236 e. The third-order valence-electron chi connectivity index (χ3n) is 2.89. The number of amides is 1. The zero-order valence-electron chi connectivity index (χ0n) is 10.7. The van der Waals surface area contributed by atoms with Gasteiger partial charge >= 0.3 is 0 Å². The maximum Gasteiger partial charge on any atom is 0.236 e. The van der Waals surface area contributed by atoms with E-state index in [9.17, 15) is 4.79 Å². The molecule has 94 valence electrons. The zero-order chi connectivity index (χ0) is 12.7. The highest BCUT2D eigenvalue weighted by atomic mass is 16.2. The van der Waals surface area contributed by atoms with Crippen molar-refractivity contribution in [3.8, 4) is 0 Å². The van der Waals surface area contributed by atoms with Gasteiger partial charge in [0.2, 0.25) is 5.91 Å². The summed E-state index contributed by atoms with van der Waals surface area (Å²) in [5, 5.41) is 2.88. The second-order valence-corrected chi connectivity index (χ2v) is 4.36. The molecule has 0 fully saturated rings. The molecule has 0 aliphatic carbocycles.